The van der Waals surface area contributed by atoms with Crippen molar-refractivity contribution < 1.29 is 0 Å². The zero-order valence-electron chi connectivity index (χ0n) is 13.9. The van der Waals surface area contributed by atoms with Gasteiger partial charge >= 0.3 is 0 Å². The SMILES string of the molecule is Cc1csc(/C(=C/c2ccc(Cl)cc2)c2nc3ccccc3n2C)n1. The molecule has 0 atom stereocenters. The zero-order chi connectivity index (χ0) is 17.4. The molecule has 2 aromatic heterocycles. The molecule has 124 valence electrons. The molecule has 3 nitrogen and oxygen atoms in total. The topological polar surface area (TPSA) is 30.7 Å². The Balaban J connectivity index is 1.93. The van der Waals surface area contributed by atoms with E-state index < -0.39 is 0 Å². The third kappa shape index (κ3) is 3.11. The van der Waals surface area contributed by atoms with Gasteiger partial charge in [0.2, 0.25) is 0 Å². The second-order valence-corrected chi connectivity index (χ2v) is 7.18. The van der Waals surface area contributed by atoms with Crippen LogP contribution >= 0.6 is 22.9 Å². The molecule has 0 unspecified atom stereocenters. The fourth-order valence-corrected chi connectivity index (χ4v) is 3.75. The summed E-state index contributed by atoms with van der Waals surface area (Å²) < 4.78 is 2.12. The van der Waals surface area contributed by atoms with E-state index in [1.807, 2.05) is 56.4 Å². The number of halogens is 1. The number of thiazole rings is 1. The van der Waals surface area contributed by atoms with Gasteiger partial charge in [0.15, 0.2) is 0 Å². The predicted octanol–water partition coefficient (Wildman–Crippen LogP) is 5.58. The van der Waals surface area contributed by atoms with Crippen molar-refractivity contribution in [2.24, 2.45) is 7.05 Å². The van der Waals surface area contributed by atoms with Crippen molar-refractivity contribution in [2.45, 2.75) is 6.92 Å². The number of rotatable bonds is 3. The van der Waals surface area contributed by atoms with E-state index >= 15 is 0 Å². The molecule has 4 rings (SSSR count). The van der Waals surface area contributed by atoms with E-state index in [-0.39, 0.29) is 0 Å². The highest BCUT2D eigenvalue weighted by molar-refractivity contribution is 7.11. The molecule has 0 saturated heterocycles. The van der Waals surface area contributed by atoms with Gasteiger partial charge in [0.1, 0.15) is 10.8 Å². The van der Waals surface area contributed by atoms with Crippen molar-refractivity contribution in [2.75, 3.05) is 0 Å². The van der Waals surface area contributed by atoms with Gasteiger partial charge < -0.3 is 4.57 Å². The number of nitrogens with zero attached hydrogens (tertiary/aromatic N) is 3. The number of imidazole rings is 1. The number of benzene rings is 2. The molecule has 0 aliphatic heterocycles. The lowest BCUT2D eigenvalue weighted by Crippen LogP contribution is -1.99. The Bertz CT molecular complexity index is 1070. The van der Waals surface area contributed by atoms with Gasteiger partial charge in [-0.05, 0) is 42.8 Å². The molecule has 2 heterocycles. The molecule has 0 amide bonds. The molecule has 2 aromatic carbocycles. The fraction of sp³-hybridized carbons (Fsp3) is 0.100. The van der Waals surface area contributed by atoms with Crippen molar-refractivity contribution in [1.82, 2.24) is 14.5 Å². The van der Waals surface area contributed by atoms with Crippen molar-refractivity contribution in [3.8, 4) is 0 Å². The van der Waals surface area contributed by atoms with E-state index in [0.29, 0.717) is 0 Å². The van der Waals surface area contributed by atoms with Crippen LogP contribution in [0.3, 0.4) is 0 Å². The van der Waals surface area contributed by atoms with Gasteiger partial charge in [0.25, 0.3) is 0 Å². The molecule has 0 N–H and O–H groups in total. The van der Waals surface area contributed by atoms with Gasteiger partial charge in [-0.25, -0.2) is 9.97 Å². The van der Waals surface area contributed by atoms with E-state index in [1.54, 1.807) is 11.3 Å². The number of para-hydroxylation sites is 2. The van der Waals surface area contributed by atoms with Crippen molar-refractivity contribution in [1.29, 1.82) is 0 Å². The molecule has 0 aliphatic carbocycles. The van der Waals surface area contributed by atoms with Crippen molar-refractivity contribution >= 4 is 45.6 Å². The number of hydrogen-bond donors (Lipinski definition) is 0. The highest BCUT2D eigenvalue weighted by Crippen LogP contribution is 2.30. The van der Waals surface area contributed by atoms with Crippen LogP contribution in [0.15, 0.2) is 53.9 Å². The lowest BCUT2D eigenvalue weighted by atomic mass is 10.1. The maximum atomic E-state index is 6.02. The van der Waals surface area contributed by atoms with Gasteiger partial charge in [0.05, 0.1) is 16.6 Å². The number of aryl methyl sites for hydroxylation is 2. The van der Waals surface area contributed by atoms with E-state index in [2.05, 4.69) is 27.1 Å². The van der Waals surface area contributed by atoms with Gasteiger partial charge in [-0.2, -0.15) is 0 Å². The minimum atomic E-state index is 0.728. The first-order valence-electron chi connectivity index (χ1n) is 7.93. The highest BCUT2D eigenvalue weighted by Gasteiger charge is 2.16. The van der Waals surface area contributed by atoms with Crippen LogP contribution < -0.4 is 0 Å². The van der Waals surface area contributed by atoms with Gasteiger partial charge in [-0.3, -0.25) is 0 Å². The highest BCUT2D eigenvalue weighted by atomic mass is 35.5. The normalized spacial score (nSPS) is 12.0. The third-order valence-corrected chi connectivity index (χ3v) is 5.30. The molecule has 5 heteroatoms. The van der Waals surface area contributed by atoms with Crippen LogP contribution in [-0.4, -0.2) is 14.5 Å². The number of hydrogen-bond acceptors (Lipinski definition) is 3. The Hall–Kier alpha value is -2.43. The van der Waals surface area contributed by atoms with Crippen molar-refractivity contribution in [3.05, 3.63) is 81.0 Å². The molecular weight excluding hydrogens is 350 g/mol. The summed E-state index contributed by atoms with van der Waals surface area (Å²) in [5, 5.41) is 3.76. The van der Waals surface area contributed by atoms with Gasteiger partial charge in [-0.1, -0.05) is 35.9 Å². The lowest BCUT2D eigenvalue weighted by Gasteiger charge is -2.06. The standard InChI is InChI=1S/C20H16ClN3S/c1-13-12-25-20(22-13)16(11-14-7-9-15(21)10-8-14)19-23-17-5-3-4-6-18(17)24(19)2/h3-12H,1-2H3/b16-11+. The van der Waals surface area contributed by atoms with Crippen LogP contribution in [0.5, 0.6) is 0 Å². The Morgan fingerprint density at radius 3 is 2.52 bits per heavy atom. The summed E-state index contributed by atoms with van der Waals surface area (Å²) in [5.74, 6) is 0.908. The van der Waals surface area contributed by atoms with E-state index in [9.17, 15) is 0 Å². The lowest BCUT2D eigenvalue weighted by molar-refractivity contribution is 0.922. The second kappa shape index (κ2) is 6.47. The van der Waals surface area contributed by atoms with Crippen LogP contribution in [0.2, 0.25) is 5.02 Å². The zero-order valence-corrected chi connectivity index (χ0v) is 15.5. The smallest absolute Gasteiger partial charge is 0.143 e. The summed E-state index contributed by atoms with van der Waals surface area (Å²) in [4.78, 5) is 9.53. The average molecular weight is 366 g/mol. The maximum Gasteiger partial charge on any atom is 0.143 e. The maximum absolute atomic E-state index is 6.02. The summed E-state index contributed by atoms with van der Waals surface area (Å²) in [7, 11) is 2.04. The largest absolute Gasteiger partial charge is 0.327 e. The van der Waals surface area contributed by atoms with E-state index in [0.717, 1.165) is 43.7 Å². The summed E-state index contributed by atoms with van der Waals surface area (Å²) in [6, 6.07) is 16.0. The van der Waals surface area contributed by atoms with Crippen molar-refractivity contribution in [3.63, 3.8) is 0 Å². The van der Waals surface area contributed by atoms with Gasteiger partial charge in [-0.15, -0.1) is 11.3 Å². The molecular formula is C20H16ClN3S. The van der Waals surface area contributed by atoms with Crippen LogP contribution in [0.25, 0.3) is 22.7 Å². The summed E-state index contributed by atoms with van der Waals surface area (Å²) in [6.45, 7) is 2.01. The first-order chi connectivity index (χ1) is 12.1. The minimum absolute atomic E-state index is 0.728. The van der Waals surface area contributed by atoms with Gasteiger partial charge in [0, 0.05) is 23.1 Å². The minimum Gasteiger partial charge on any atom is -0.327 e. The van der Waals surface area contributed by atoms with E-state index in [4.69, 9.17) is 16.6 Å². The third-order valence-electron chi connectivity index (χ3n) is 4.06. The monoisotopic (exact) mass is 365 g/mol. The molecule has 0 aliphatic rings. The molecule has 0 bridgehead atoms. The van der Waals surface area contributed by atoms with Crippen LogP contribution in [0.4, 0.5) is 0 Å². The summed E-state index contributed by atoms with van der Waals surface area (Å²) in [5.41, 5.74) is 5.18. The first-order valence-corrected chi connectivity index (χ1v) is 9.19. The molecule has 0 saturated carbocycles. The molecule has 0 spiro atoms. The number of aromatic nitrogens is 3. The molecule has 0 radical (unpaired) electrons. The van der Waals surface area contributed by atoms with Crippen LogP contribution in [0.1, 0.15) is 22.1 Å². The molecule has 4 aromatic rings. The quantitative estimate of drug-likeness (QED) is 0.474. The fourth-order valence-electron chi connectivity index (χ4n) is 2.81. The Morgan fingerprint density at radius 1 is 1.08 bits per heavy atom. The Labute approximate surface area is 155 Å². The average Bonchev–Trinajstić information content (AvgIpc) is 3.19. The molecule has 25 heavy (non-hydrogen) atoms. The van der Waals surface area contributed by atoms with E-state index in [1.165, 1.54) is 0 Å². The summed E-state index contributed by atoms with van der Waals surface area (Å²) in [6.07, 6.45) is 2.12. The Morgan fingerprint density at radius 2 is 1.84 bits per heavy atom. The van der Waals surface area contributed by atoms with Crippen LogP contribution in [0, 0.1) is 6.92 Å². The number of fused-ring (bicyclic) bond motifs is 1. The summed E-state index contributed by atoms with van der Waals surface area (Å²) >= 11 is 7.65. The second-order valence-electron chi connectivity index (χ2n) is 5.89. The Kier molecular flexibility index (Phi) is 4.15. The van der Waals surface area contributed by atoms with Crippen LogP contribution in [-0.2, 0) is 7.05 Å². The molecule has 0 fully saturated rings. The first kappa shape index (κ1) is 16.1. The predicted molar refractivity (Wildman–Crippen MR) is 106 cm³/mol.